The molecule has 24 heavy (non-hydrogen) atoms. The first kappa shape index (κ1) is 14.8. The van der Waals surface area contributed by atoms with E-state index in [0.717, 1.165) is 19.4 Å². The predicted molar refractivity (Wildman–Crippen MR) is 101 cm³/mol. The van der Waals surface area contributed by atoms with Gasteiger partial charge in [0.05, 0.1) is 0 Å². The van der Waals surface area contributed by atoms with Crippen LogP contribution in [0.2, 0.25) is 0 Å². The van der Waals surface area contributed by atoms with E-state index < -0.39 is 0 Å². The fourth-order valence-electron chi connectivity index (χ4n) is 3.36. The summed E-state index contributed by atoms with van der Waals surface area (Å²) in [5, 5.41) is 1.38. The molecule has 0 saturated heterocycles. The first-order valence-corrected chi connectivity index (χ1v) is 8.55. The van der Waals surface area contributed by atoms with Crippen LogP contribution < -0.4 is 0 Å². The third-order valence-electron chi connectivity index (χ3n) is 4.59. The van der Waals surface area contributed by atoms with Crippen molar-refractivity contribution >= 4 is 10.9 Å². The van der Waals surface area contributed by atoms with Crippen LogP contribution in [-0.4, -0.2) is 4.57 Å². The van der Waals surface area contributed by atoms with Gasteiger partial charge in [0.25, 0.3) is 0 Å². The Hall–Kier alpha value is -2.80. The molecule has 1 heteroatoms. The standard InChI is InChI=1S/C23H21N/c1-3-9-19(10-4-1)15-16-21-18-24(17-20-11-5-2-6-12-20)23-14-8-7-13-22(21)23/h1-14,18H,15-17H2. The van der Waals surface area contributed by atoms with E-state index in [9.17, 15) is 0 Å². The molecule has 4 aromatic rings. The van der Waals surface area contributed by atoms with Crippen molar-refractivity contribution in [1.82, 2.24) is 4.57 Å². The Morgan fingerprint density at radius 1 is 0.583 bits per heavy atom. The van der Waals surface area contributed by atoms with Crippen molar-refractivity contribution in [2.75, 3.05) is 0 Å². The summed E-state index contributed by atoms with van der Waals surface area (Å²) in [6, 6.07) is 30.2. The molecule has 1 aromatic heterocycles. The van der Waals surface area contributed by atoms with Gasteiger partial charge >= 0.3 is 0 Å². The molecule has 0 bridgehead atoms. The monoisotopic (exact) mass is 311 g/mol. The van der Waals surface area contributed by atoms with Crippen LogP contribution in [0.15, 0.2) is 91.1 Å². The van der Waals surface area contributed by atoms with E-state index in [1.54, 1.807) is 0 Å². The number of para-hydroxylation sites is 1. The van der Waals surface area contributed by atoms with Crippen LogP contribution in [0.3, 0.4) is 0 Å². The number of aromatic nitrogens is 1. The molecule has 0 atom stereocenters. The summed E-state index contributed by atoms with van der Waals surface area (Å²) >= 11 is 0. The molecule has 1 nitrogen and oxygen atoms in total. The van der Waals surface area contributed by atoms with Gasteiger partial charge in [-0.25, -0.2) is 0 Å². The highest BCUT2D eigenvalue weighted by Crippen LogP contribution is 2.24. The number of benzene rings is 3. The minimum Gasteiger partial charge on any atom is -0.343 e. The van der Waals surface area contributed by atoms with Crippen molar-refractivity contribution in [1.29, 1.82) is 0 Å². The van der Waals surface area contributed by atoms with Crippen LogP contribution in [0.25, 0.3) is 10.9 Å². The lowest BCUT2D eigenvalue weighted by atomic mass is 10.0. The van der Waals surface area contributed by atoms with Crippen LogP contribution >= 0.6 is 0 Å². The van der Waals surface area contributed by atoms with Crippen molar-refractivity contribution < 1.29 is 0 Å². The number of hydrogen-bond donors (Lipinski definition) is 0. The van der Waals surface area contributed by atoms with Gasteiger partial charge in [-0.3, -0.25) is 0 Å². The van der Waals surface area contributed by atoms with Gasteiger partial charge < -0.3 is 4.57 Å². The average molecular weight is 311 g/mol. The Balaban J connectivity index is 1.64. The van der Waals surface area contributed by atoms with E-state index in [0.29, 0.717) is 0 Å². The summed E-state index contributed by atoms with van der Waals surface area (Å²) in [5.41, 5.74) is 5.50. The average Bonchev–Trinajstić information content (AvgIpc) is 3.00. The number of rotatable bonds is 5. The number of aryl methyl sites for hydroxylation is 2. The lowest BCUT2D eigenvalue weighted by Gasteiger charge is -2.05. The maximum atomic E-state index is 2.38. The fraction of sp³-hybridized carbons (Fsp3) is 0.130. The second-order valence-electron chi connectivity index (χ2n) is 6.27. The van der Waals surface area contributed by atoms with Crippen molar-refractivity contribution in [2.45, 2.75) is 19.4 Å². The van der Waals surface area contributed by atoms with Crippen molar-refractivity contribution in [2.24, 2.45) is 0 Å². The summed E-state index contributed by atoms with van der Waals surface area (Å²) < 4.78 is 2.38. The first-order valence-electron chi connectivity index (χ1n) is 8.55. The summed E-state index contributed by atoms with van der Waals surface area (Å²) in [7, 11) is 0. The summed E-state index contributed by atoms with van der Waals surface area (Å²) in [5.74, 6) is 0. The van der Waals surface area contributed by atoms with Gasteiger partial charge in [0.2, 0.25) is 0 Å². The van der Waals surface area contributed by atoms with Crippen LogP contribution in [-0.2, 0) is 19.4 Å². The maximum Gasteiger partial charge on any atom is 0.0486 e. The molecule has 0 spiro atoms. The van der Waals surface area contributed by atoms with Crippen LogP contribution in [0.4, 0.5) is 0 Å². The smallest absolute Gasteiger partial charge is 0.0486 e. The van der Waals surface area contributed by atoms with Gasteiger partial charge in [-0.2, -0.15) is 0 Å². The Kier molecular flexibility index (Phi) is 4.16. The summed E-state index contributed by atoms with van der Waals surface area (Å²) in [4.78, 5) is 0. The highest BCUT2D eigenvalue weighted by atomic mass is 15.0. The zero-order valence-electron chi connectivity index (χ0n) is 13.7. The SMILES string of the molecule is c1ccc(CCc2cn(Cc3ccccc3)c3ccccc23)cc1. The molecule has 0 amide bonds. The number of hydrogen-bond acceptors (Lipinski definition) is 0. The van der Waals surface area contributed by atoms with Crippen molar-refractivity contribution in [3.05, 3.63) is 108 Å². The quantitative estimate of drug-likeness (QED) is 0.460. The second-order valence-corrected chi connectivity index (χ2v) is 6.27. The van der Waals surface area contributed by atoms with Crippen LogP contribution in [0, 0.1) is 0 Å². The second kappa shape index (κ2) is 6.76. The molecule has 4 rings (SSSR count). The Morgan fingerprint density at radius 3 is 1.96 bits per heavy atom. The third kappa shape index (κ3) is 3.11. The van der Waals surface area contributed by atoms with Crippen LogP contribution in [0.1, 0.15) is 16.7 Å². The van der Waals surface area contributed by atoms with E-state index in [1.807, 2.05) is 0 Å². The van der Waals surface area contributed by atoms with Gasteiger partial charge in [0.1, 0.15) is 0 Å². The Labute approximate surface area is 143 Å². The largest absolute Gasteiger partial charge is 0.343 e. The van der Waals surface area contributed by atoms with Gasteiger partial charge in [-0.1, -0.05) is 78.9 Å². The van der Waals surface area contributed by atoms with Gasteiger partial charge in [0.15, 0.2) is 0 Å². The third-order valence-corrected chi connectivity index (χ3v) is 4.59. The molecule has 0 unspecified atom stereocenters. The van der Waals surface area contributed by atoms with E-state index in [2.05, 4.69) is 95.7 Å². The minimum absolute atomic E-state index is 0.923. The van der Waals surface area contributed by atoms with E-state index in [1.165, 1.54) is 27.6 Å². The summed E-state index contributed by atoms with van der Waals surface area (Å²) in [6.45, 7) is 0.923. The molecular formula is C23H21N. The fourth-order valence-corrected chi connectivity index (χ4v) is 3.36. The van der Waals surface area contributed by atoms with E-state index >= 15 is 0 Å². The normalized spacial score (nSPS) is 11.0. The van der Waals surface area contributed by atoms with E-state index in [-0.39, 0.29) is 0 Å². The lowest BCUT2D eigenvalue weighted by molar-refractivity contribution is 0.826. The van der Waals surface area contributed by atoms with Gasteiger partial charge in [-0.05, 0) is 35.6 Å². The molecular weight excluding hydrogens is 290 g/mol. The zero-order valence-corrected chi connectivity index (χ0v) is 13.7. The van der Waals surface area contributed by atoms with Crippen LogP contribution in [0.5, 0.6) is 0 Å². The molecule has 0 radical (unpaired) electrons. The number of nitrogens with zero attached hydrogens (tertiary/aromatic N) is 1. The molecule has 0 saturated carbocycles. The highest BCUT2D eigenvalue weighted by molar-refractivity contribution is 5.84. The molecule has 0 aliphatic carbocycles. The summed E-state index contributed by atoms with van der Waals surface area (Å²) in [6.07, 6.45) is 4.49. The Bertz CT molecular complexity index is 920. The molecule has 0 aliphatic rings. The molecule has 3 aromatic carbocycles. The Morgan fingerprint density at radius 2 is 1.21 bits per heavy atom. The molecule has 0 aliphatic heterocycles. The molecule has 118 valence electrons. The first-order chi connectivity index (χ1) is 11.9. The van der Waals surface area contributed by atoms with Crippen molar-refractivity contribution in [3.63, 3.8) is 0 Å². The zero-order chi connectivity index (χ0) is 16.2. The predicted octanol–water partition coefficient (Wildman–Crippen LogP) is 5.47. The molecule has 1 heterocycles. The number of fused-ring (bicyclic) bond motifs is 1. The molecule has 0 N–H and O–H groups in total. The lowest BCUT2D eigenvalue weighted by Crippen LogP contribution is -1.97. The minimum atomic E-state index is 0.923. The van der Waals surface area contributed by atoms with Gasteiger partial charge in [0, 0.05) is 23.6 Å². The van der Waals surface area contributed by atoms with Gasteiger partial charge in [-0.15, -0.1) is 0 Å². The molecule has 0 fully saturated rings. The maximum absolute atomic E-state index is 2.38. The van der Waals surface area contributed by atoms with E-state index in [4.69, 9.17) is 0 Å². The van der Waals surface area contributed by atoms with Crippen molar-refractivity contribution in [3.8, 4) is 0 Å². The highest BCUT2D eigenvalue weighted by Gasteiger charge is 2.08. The topological polar surface area (TPSA) is 4.93 Å².